The lowest BCUT2D eigenvalue weighted by molar-refractivity contribution is -0.333. The van der Waals surface area contributed by atoms with E-state index in [1.54, 1.807) is 59.9 Å². The highest BCUT2D eigenvalue weighted by Gasteiger charge is 2.50. The first kappa shape index (κ1) is 72.3. The third-order valence-corrected chi connectivity index (χ3v) is 16.2. The first-order valence-corrected chi connectivity index (χ1v) is 29.0. The van der Waals surface area contributed by atoms with Gasteiger partial charge >= 0.3 is 17.9 Å². The molecular formula is C59H103N3O18. The normalized spacial score (nSPS) is 38.9. The first-order chi connectivity index (χ1) is 37.5. The Bertz CT molecular complexity index is 1960. The molecule has 2 aliphatic heterocycles. The van der Waals surface area contributed by atoms with Crippen molar-refractivity contribution in [3.63, 3.8) is 0 Å². The Morgan fingerprint density at radius 2 is 1.40 bits per heavy atom. The van der Waals surface area contributed by atoms with Crippen molar-refractivity contribution in [3.8, 4) is 0 Å². The zero-order valence-corrected chi connectivity index (χ0v) is 48.9. The van der Waals surface area contributed by atoms with E-state index in [1.807, 2.05) is 19.9 Å². The zero-order chi connectivity index (χ0) is 60.4. The smallest absolute Gasteiger partial charge is 0.317 e. The van der Waals surface area contributed by atoms with Crippen molar-refractivity contribution in [2.45, 2.75) is 237 Å². The highest BCUT2D eigenvalue weighted by molar-refractivity contribution is 5.90. The van der Waals surface area contributed by atoms with E-state index in [-0.39, 0.29) is 62.7 Å². The summed E-state index contributed by atoms with van der Waals surface area (Å²) >= 11 is 0. The van der Waals surface area contributed by atoms with E-state index in [2.05, 4.69) is 29.4 Å². The van der Waals surface area contributed by atoms with E-state index in [0.717, 1.165) is 45.1 Å². The third-order valence-electron chi connectivity index (χ3n) is 16.2. The number of carbonyl (C=O) groups excluding carboxylic acids is 2. The van der Waals surface area contributed by atoms with Gasteiger partial charge in [0.25, 0.3) is 0 Å². The number of nitrogens with one attached hydrogen (secondary N) is 1. The van der Waals surface area contributed by atoms with Crippen LogP contribution in [0, 0.1) is 47.3 Å². The minimum absolute atomic E-state index is 0.0716. The molecule has 0 spiro atoms. The number of unbranched alkanes of at least 4 members (excludes halogenated alkanes) is 2. The molecular weight excluding hydrogens is 1040 g/mol. The van der Waals surface area contributed by atoms with Crippen LogP contribution in [0.3, 0.4) is 0 Å². The molecule has 0 radical (unpaired) electrons. The number of carbonyl (C=O) groups is 3. The van der Waals surface area contributed by atoms with Crippen molar-refractivity contribution in [2.75, 3.05) is 13.6 Å². The van der Waals surface area contributed by atoms with Crippen LogP contribution in [0.15, 0.2) is 53.6 Å². The predicted molar refractivity (Wildman–Crippen MR) is 302 cm³/mol. The fraction of sp³-hybridized carbons (Fsp3) is 0.797. The largest absolute Gasteiger partial charge is 0.481 e. The van der Waals surface area contributed by atoms with Crippen LogP contribution in [0.2, 0.25) is 0 Å². The van der Waals surface area contributed by atoms with Crippen LogP contribution in [-0.2, 0) is 28.6 Å². The van der Waals surface area contributed by atoms with E-state index in [0.29, 0.717) is 5.96 Å². The summed E-state index contributed by atoms with van der Waals surface area (Å²) in [6.07, 6.45) is -0.165. The summed E-state index contributed by atoms with van der Waals surface area (Å²) in [5, 5.41) is 135. The number of guanidine groups is 1. The number of esters is 2. The number of aliphatic imine (C=N–C) groups is 1. The quantitative estimate of drug-likeness (QED) is 0.0296. The molecule has 462 valence electrons. The second-order valence-electron chi connectivity index (χ2n) is 23.4. The number of cyclic esters (lactones) is 1. The van der Waals surface area contributed by atoms with Gasteiger partial charge < -0.3 is 86.5 Å². The Morgan fingerprint density at radius 1 is 0.762 bits per heavy atom. The molecule has 19 unspecified atom stereocenters. The van der Waals surface area contributed by atoms with E-state index in [9.17, 15) is 75.7 Å². The molecule has 0 aliphatic carbocycles. The lowest BCUT2D eigenvalue weighted by atomic mass is 9.83. The highest BCUT2D eigenvalue weighted by Crippen LogP contribution is 2.36. The number of ether oxygens (including phenoxy) is 3. The van der Waals surface area contributed by atoms with Gasteiger partial charge in [-0.3, -0.25) is 19.4 Å². The van der Waals surface area contributed by atoms with Gasteiger partial charge in [-0.2, -0.15) is 0 Å². The number of nitrogens with zero attached hydrogens (tertiary/aromatic N) is 1. The summed E-state index contributed by atoms with van der Waals surface area (Å²) in [4.78, 5) is 41.7. The Hall–Kier alpha value is -3.84. The van der Waals surface area contributed by atoms with Crippen LogP contribution in [0.1, 0.15) is 152 Å². The SMILES string of the molecule is CN=C(N)NCCC/C=C/CCC[C@H](C)C[C@@H](C)[C@@H]1OC(=O)C(C)C(O)/C=C/C(C)C(O)CC(O)C(C)C(O)CCC(C)C(O)CC2(O)OC(CC(OC(=O)CC(=O)O)CC(O)CC(O)C(C)C(O)/C=C\C=C/C1C)CC(O)C2O. The average Bonchev–Trinajstić information content (AvgIpc) is 3.38. The van der Waals surface area contributed by atoms with E-state index in [1.165, 1.54) is 12.2 Å². The van der Waals surface area contributed by atoms with Gasteiger partial charge in [0.15, 0.2) is 11.7 Å². The standard InChI is InChI=1S/C59H103N3O18/c1-34(18-14-12-10-11-13-17-25-62-58(60)61-9)26-38(5)55-37(4)19-15-16-20-45(64)39(6)49(68)28-42(63)27-43(78-54(74)32-53(72)73)29-44-30-51(70)56(75)59(77,80-44)33-52(71)36(3)22-23-46(65)40(7)50(69)31-48(67)35(2)21-24-47(66)41(8)57(76)79-55/h10-11,15-16,19-21,24,34-52,55-56,63-71,75,77H,12-14,17-18,22-23,25-33H2,1-9H3,(H,72,73)(H3,60,61,62)/b11-10+,19-15-,20-16-,24-21+/t34-,35?,36?,37?,38+,39?,40?,41?,42?,43?,44?,45?,46?,47?,48?,49?,50?,51?,52?,55+,56?,59?/m0/s1. The molecule has 2 heterocycles. The van der Waals surface area contributed by atoms with Gasteiger partial charge in [-0.15, -0.1) is 0 Å². The number of carboxylic acid groups (broad SMARTS) is 1. The Kier molecular flexibility index (Phi) is 33.1. The predicted octanol–water partition coefficient (Wildman–Crippen LogP) is 3.30. The lowest BCUT2D eigenvalue weighted by Crippen LogP contribution is -2.60. The summed E-state index contributed by atoms with van der Waals surface area (Å²) in [6.45, 7) is 14.8. The molecule has 0 aromatic rings. The molecule has 0 saturated carbocycles. The van der Waals surface area contributed by atoms with Gasteiger partial charge in [0, 0.05) is 69.4 Å². The number of aliphatic hydroxyl groups excluding tert-OH is 10. The molecule has 15 N–H and O–H groups in total. The summed E-state index contributed by atoms with van der Waals surface area (Å²) < 4.78 is 17.5. The topological polar surface area (TPSA) is 372 Å². The lowest BCUT2D eigenvalue weighted by Gasteiger charge is -2.45. The number of hydrogen-bond donors (Lipinski definition) is 14. The van der Waals surface area contributed by atoms with Crippen molar-refractivity contribution in [1.82, 2.24) is 5.32 Å². The average molecular weight is 1140 g/mol. The molecule has 2 rings (SSSR count). The maximum atomic E-state index is 13.8. The van der Waals surface area contributed by atoms with Crippen molar-refractivity contribution < 1.29 is 89.9 Å². The number of aliphatic hydroxyl groups is 11. The Balaban J connectivity index is 2.43. The monoisotopic (exact) mass is 1140 g/mol. The zero-order valence-electron chi connectivity index (χ0n) is 48.9. The van der Waals surface area contributed by atoms with Crippen molar-refractivity contribution in [3.05, 3.63) is 48.6 Å². The van der Waals surface area contributed by atoms with Crippen LogP contribution in [0.4, 0.5) is 0 Å². The molecule has 1 fully saturated rings. The number of fused-ring (bicyclic) bond motifs is 2. The van der Waals surface area contributed by atoms with Crippen LogP contribution in [0.25, 0.3) is 0 Å². The third kappa shape index (κ3) is 26.2. The van der Waals surface area contributed by atoms with Crippen LogP contribution < -0.4 is 11.1 Å². The maximum Gasteiger partial charge on any atom is 0.317 e. The number of nitrogens with two attached hydrogens (primary N) is 1. The van der Waals surface area contributed by atoms with Gasteiger partial charge in [-0.05, 0) is 76.0 Å². The molecule has 0 aromatic heterocycles. The number of allylic oxidation sites excluding steroid dienone is 4. The highest BCUT2D eigenvalue weighted by atomic mass is 16.7. The second kappa shape index (κ2) is 36.7. The Labute approximate surface area is 474 Å². The van der Waals surface area contributed by atoms with Crippen molar-refractivity contribution in [2.24, 2.45) is 58.1 Å². The summed E-state index contributed by atoms with van der Waals surface area (Å²) in [5.41, 5.74) is 5.68. The number of aliphatic carboxylic acids is 1. The summed E-state index contributed by atoms with van der Waals surface area (Å²) in [6, 6.07) is 0. The van der Waals surface area contributed by atoms with Crippen LogP contribution in [-0.4, -0.2) is 184 Å². The van der Waals surface area contributed by atoms with Crippen LogP contribution in [0.5, 0.6) is 0 Å². The maximum absolute atomic E-state index is 13.8. The van der Waals surface area contributed by atoms with Gasteiger partial charge in [0.2, 0.25) is 0 Å². The number of hydrogen-bond acceptors (Lipinski definition) is 18. The minimum atomic E-state index is -2.54. The molecule has 80 heavy (non-hydrogen) atoms. The van der Waals surface area contributed by atoms with Crippen LogP contribution >= 0.6 is 0 Å². The van der Waals surface area contributed by atoms with Crippen molar-refractivity contribution in [1.29, 1.82) is 0 Å². The molecule has 0 amide bonds. The first-order valence-electron chi connectivity index (χ1n) is 29.0. The summed E-state index contributed by atoms with van der Waals surface area (Å²) in [7, 11) is 1.63. The molecule has 2 aliphatic rings. The van der Waals surface area contributed by atoms with Gasteiger partial charge in [-0.1, -0.05) is 103 Å². The van der Waals surface area contributed by atoms with Crippen molar-refractivity contribution >= 4 is 23.9 Å². The van der Waals surface area contributed by atoms with E-state index < -0.39 is 145 Å². The summed E-state index contributed by atoms with van der Waals surface area (Å²) in [5.74, 6) is -9.43. The Morgan fingerprint density at radius 3 is 2.05 bits per heavy atom. The van der Waals surface area contributed by atoms with E-state index in [4.69, 9.17) is 19.9 Å². The number of carboxylic acids is 1. The van der Waals surface area contributed by atoms with Gasteiger partial charge in [0.1, 0.15) is 24.7 Å². The fourth-order valence-electron chi connectivity index (χ4n) is 10.3. The molecule has 1 saturated heterocycles. The van der Waals surface area contributed by atoms with Gasteiger partial charge in [-0.25, -0.2) is 0 Å². The van der Waals surface area contributed by atoms with E-state index >= 15 is 0 Å². The molecule has 21 heteroatoms. The second-order valence-corrected chi connectivity index (χ2v) is 23.4. The fourth-order valence-corrected chi connectivity index (χ4v) is 10.3. The molecule has 22 atom stereocenters. The molecule has 0 aromatic carbocycles. The molecule has 2 bridgehead atoms. The minimum Gasteiger partial charge on any atom is -0.481 e. The molecule has 21 nitrogen and oxygen atoms in total. The van der Waals surface area contributed by atoms with Gasteiger partial charge in [0.05, 0.1) is 67.0 Å². The number of rotatable bonds is 14.